The van der Waals surface area contributed by atoms with Crippen molar-refractivity contribution in [3.63, 3.8) is 0 Å². The summed E-state index contributed by atoms with van der Waals surface area (Å²) in [5.41, 5.74) is -5.53. The molecule has 0 atom stereocenters. The van der Waals surface area contributed by atoms with Crippen molar-refractivity contribution in [1.82, 2.24) is 0 Å². The van der Waals surface area contributed by atoms with Crippen LogP contribution in [0.25, 0.3) is 0 Å². The molecule has 3 nitrogen and oxygen atoms in total. The molecule has 0 fully saturated rings. The maximum atomic E-state index is 10.7. The zero-order valence-electron chi connectivity index (χ0n) is 5.02. The lowest BCUT2D eigenvalue weighted by Gasteiger charge is -1.97. The van der Waals surface area contributed by atoms with Crippen molar-refractivity contribution < 1.29 is 39.1 Å². The Kier molecular flexibility index (Phi) is 5.34. The largest absolute Gasteiger partial charge is 0.762 e. The van der Waals surface area contributed by atoms with Crippen molar-refractivity contribution in [2.24, 2.45) is 0 Å². The Morgan fingerprint density at radius 2 is 1.17 bits per heavy atom. The van der Waals surface area contributed by atoms with Gasteiger partial charge in [0, 0.05) is 0 Å². The average Bonchev–Trinajstić information content (AvgIpc) is 1.55. The molecule has 12 heavy (non-hydrogen) atoms. The van der Waals surface area contributed by atoms with Crippen LogP contribution in [0.15, 0.2) is 0 Å². The highest BCUT2D eigenvalue weighted by atomic mass is 32.2. The molecule has 11 heteroatoms. The summed E-state index contributed by atoms with van der Waals surface area (Å²) >= 11 is 0. The molecule has 0 rings (SSSR count). The summed E-state index contributed by atoms with van der Waals surface area (Å²) in [6.45, 7) is 0. The summed E-state index contributed by atoms with van der Waals surface area (Å²) in [5.74, 6) is 0. The van der Waals surface area contributed by atoms with Crippen LogP contribution in [0.1, 0.15) is 0 Å². The van der Waals surface area contributed by atoms with Crippen LogP contribution in [0.2, 0.25) is 0 Å². The fourth-order valence-electron chi connectivity index (χ4n) is 0. The second-order valence-corrected chi connectivity index (χ2v) is 2.58. The molecule has 0 spiro atoms. The number of hydrogen-bond donors (Lipinski definition) is 1. The number of alkyl halides is 3. The topological polar surface area (TPSA) is 54.4 Å². The molecule has 0 aromatic heterocycles. The standard InChI is InChI=1S/CHF3O3S.BF3/c2-1(3,4)8(5,6)7;2-1(3)4/h(H,5,6,7);. The van der Waals surface area contributed by atoms with Crippen LogP contribution in [0.3, 0.4) is 0 Å². The van der Waals surface area contributed by atoms with Gasteiger partial charge in [-0.2, -0.15) is 21.6 Å². The normalized spacial score (nSPS) is 11.6. The molecule has 0 saturated carbocycles. The molecule has 0 aromatic rings. The Labute approximate surface area is 63.3 Å². The quantitative estimate of drug-likeness (QED) is 0.288. The van der Waals surface area contributed by atoms with E-state index in [1.165, 1.54) is 0 Å². The van der Waals surface area contributed by atoms with E-state index in [9.17, 15) is 26.1 Å². The average molecular weight is 218 g/mol. The van der Waals surface area contributed by atoms with E-state index in [-0.39, 0.29) is 0 Å². The summed E-state index contributed by atoms with van der Waals surface area (Å²) in [4.78, 5) is 0. The molecule has 0 aromatic carbocycles. The first-order valence-electron chi connectivity index (χ1n) is 1.94. The van der Waals surface area contributed by atoms with E-state index >= 15 is 0 Å². The Morgan fingerprint density at radius 1 is 1.08 bits per heavy atom. The summed E-state index contributed by atoms with van der Waals surface area (Å²) < 4.78 is 86.5. The second kappa shape index (κ2) is 4.55. The lowest BCUT2D eigenvalue weighted by molar-refractivity contribution is -0.0510. The van der Waals surface area contributed by atoms with Gasteiger partial charge in [0.05, 0.1) is 0 Å². The minimum Gasteiger partial charge on any atom is -0.279 e. The molecule has 0 unspecified atom stereocenters. The Morgan fingerprint density at radius 3 is 1.17 bits per heavy atom. The van der Waals surface area contributed by atoms with E-state index in [1.54, 1.807) is 0 Å². The van der Waals surface area contributed by atoms with Gasteiger partial charge in [0.15, 0.2) is 0 Å². The van der Waals surface area contributed by atoms with Crippen LogP contribution < -0.4 is 0 Å². The lowest BCUT2D eigenvalue weighted by atomic mass is 10.5. The first-order valence-corrected chi connectivity index (χ1v) is 3.38. The third-order valence-corrected chi connectivity index (χ3v) is 0.877. The van der Waals surface area contributed by atoms with Gasteiger partial charge >= 0.3 is 23.2 Å². The minimum atomic E-state index is -5.84. The van der Waals surface area contributed by atoms with Crippen LogP contribution >= 0.6 is 0 Å². The van der Waals surface area contributed by atoms with Gasteiger partial charge in [-0.3, -0.25) is 17.5 Å². The van der Waals surface area contributed by atoms with Gasteiger partial charge in [0.1, 0.15) is 0 Å². The molecular weight excluding hydrogens is 217 g/mol. The molecule has 0 heterocycles. The summed E-state index contributed by atoms with van der Waals surface area (Å²) in [5, 5.41) is 0. The van der Waals surface area contributed by atoms with Gasteiger partial charge in [0.25, 0.3) is 0 Å². The lowest BCUT2D eigenvalue weighted by Crippen LogP contribution is -2.21. The van der Waals surface area contributed by atoms with Crippen LogP contribution in [0.4, 0.5) is 26.1 Å². The van der Waals surface area contributed by atoms with Gasteiger partial charge in [-0.15, -0.1) is 0 Å². The van der Waals surface area contributed by atoms with Crippen molar-refractivity contribution in [2.75, 3.05) is 0 Å². The predicted molar refractivity (Wildman–Crippen MR) is 26.7 cm³/mol. The van der Waals surface area contributed by atoms with Gasteiger partial charge in [-0.25, -0.2) is 0 Å². The SMILES string of the molecule is FB(F)F.O=S(=O)(O)C(F)(F)F. The van der Waals surface area contributed by atoms with Crippen molar-refractivity contribution in [3.05, 3.63) is 0 Å². The maximum Gasteiger partial charge on any atom is 0.762 e. The van der Waals surface area contributed by atoms with Crippen molar-refractivity contribution >= 4 is 17.7 Å². The molecule has 0 aliphatic heterocycles. The van der Waals surface area contributed by atoms with Gasteiger partial charge in [-0.1, -0.05) is 0 Å². The first-order chi connectivity index (χ1) is 4.98. The minimum absolute atomic E-state index is 3.67. The second-order valence-electron chi connectivity index (χ2n) is 1.17. The fraction of sp³-hybridized carbons (Fsp3) is 1.00. The molecule has 0 aliphatic carbocycles. The summed E-state index contributed by atoms with van der Waals surface area (Å²) in [6, 6.07) is 0. The van der Waals surface area contributed by atoms with Crippen LogP contribution in [-0.2, 0) is 10.1 Å². The molecule has 0 radical (unpaired) electrons. The zero-order chi connectivity index (χ0) is 10.6. The zero-order valence-corrected chi connectivity index (χ0v) is 5.83. The van der Waals surface area contributed by atoms with Gasteiger partial charge in [0.2, 0.25) is 0 Å². The Hall–Kier alpha value is -0.445. The Bertz CT molecular complexity index is 203. The number of halogens is 6. The van der Waals surface area contributed by atoms with E-state index in [1.807, 2.05) is 0 Å². The van der Waals surface area contributed by atoms with E-state index in [2.05, 4.69) is 0 Å². The highest BCUT2D eigenvalue weighted by Gasteiger charge is 2.44. The molecule has 0 amide bonds. The monoisotopic (exact) mass is 218 g/mol. The molecular formula is CHBF6O3S. The molecule has 1 N–H and O–H groups in total. The Balaban J connectivity index is 0. The smallest absolute Gasteiger partial charge is 0.279 e. The predicted octanol–water partition coefficient (Wildman–Crippen LogP) is 1.27. The summed E-state index contributed by atoms with van der Waals surface area (Å²) in [6.07, 6.45) is 0. The fourth-order valence-corrected chi connectivity index (χ4v) is 0. The molecule has 0 aliphatic rings. The van der Waals surface area contributed by atoms with Crippen LogP contribution in [0, 0.1) is 0 Å². The van der Waals surface area contributed by atoms with Gasteiger partial charge < -0.3 is 0 Å². The highest BCUT2D eigenvalue weighted by molar-refractivity contribution is 7.86. The number of hydrogen-bond acceptors (Lipinski definition) is 2. The van der Waals surface area contributed by atoms with E-state index in [0.717, 1.165) is 0 Å². The van der Waals surface area contributed by atoms with E-state index < -0.39 is 23.2 Å². The van der Waals surface area contributed by atoms with Crippen molar-refractivity contribution in [3.8, 4) is 0 Å². The summed E-state index contributed by atoms with van der Waals surface area (Å²) in [7, 11) is -9.51. The maximum absolute atomic E-state index is 10.7. The van der Waals surface area contributed by atoms with E-state index in [4.69, 9.17) is 13.0 Å². The first kappa shape index (κ1) is 14.1. The van der Waals surface area contributed by atoms with Crippen LogP contribution in [0.5, 0.6) is 0 Å². The van der Waals surface area contributed by atoms with Gasteiger partial charge in [-0.05, 0) is 0 Å². The van der Waals surface area contributed by atoms with Crippen molar-refractivity contribution in [1.29, 1.82) is 0 Å². The third kappa shape index (κ3) is 9.55. The van der Waals surface area contributed by atoms with E-state index in [0.29, 0.717) is 0 Å². The number of rotatable bonds is 0. The third-order valence-electron chi connectivity index (χ3n) is 0.292. The molecule has 0 bridgehead atoms. The van der Waals surface area contributed by atoms with Crippen molar-refractivity contribution in [2.45, 2.75) is 5.51 Å². The molecule has 0 saturated heterocycles. The highest BCUT2D eigenvalue weighted by Crippen LogP contribution is 2.20. The molecule has 74 valence electrons. The van der Waals surface area contributed by atoms with Crippen LogP contribution in [-0.4, -0.2) is 26.0 Å².